The third-order valence-electron chi connectivity index (χ3n) is 4.65. The van der Waals surface area contributed by atoms with Crippen LogP contribution in [0.25, 0.3) is 0 Å². The molecule has 110 valence electrons. The highest BCUT2D eigenvalue weighted by Crippen LogP contribution is 2.37. The van der Waals surface area contributed by atoms with E-state index in [1.54, 1.807) is 0 Å². The van der Waals surface area contributed by atoms with E-state index in [2.05, 4.69) is 39.7 Å². The van der Waals surface area contributed by atoms with Crippen LogP contribution in [-0.4, -0.2) is 28.3 Å². The number of fused-ring (bicyclic) bond motifs is 1. The highest BCUT2D eigenvalue weighted by Gasteiger charge is 2.38. The van der Waals surface area contributed by atoms with Gasteiger partial charge < -0.3 is 14.9 Å². The van der Waals surface area contributed by atoms with E-state index in [-0.39, 0.29) is 5.92 Å². The van der Waals surface area contributed by atoms with Crippen LogP contribution in [0.4, 0.5) is 0 Å². The first kappa shape index (κ1) is 13.0. The van der Waals surface area contributed by atoms with Gasteiger partial charge in [-0.2, -0.15) is 4.98 Å². The molecule has 2 unspecified atom stereocenters. The van der Waals surface area contributed by atoms with Gasteiger partial charge in [0.15, 0.2) is 11.4 Å². The summed E-state index contributed by atoms with van der Waals surface area (Å²) in [5.74, 6) is 1.25. The molecule has 2 N–H and O–H groups in total. The van der Waals surface area contributed by atoms with Crippen LogP contribution in [-0.2, 0) is 12.0 Å². The zero-order valence-electron chi connectivity index (χ0n) is 11.9. The Morgan fingerprint density at radius 2 is 2.24 bits per heavy atom. The Bertz CT molecular complexity index is 646. The molecule has 1 fully saturated rings. The van der Waals surface area contributed by atoms with Crippen LogP contribution in [0.1, 0.15) is 48.0 Å². The smallest absolute Gasteiger partial charge is 0.259 e. The molecule has 1 aliphatic carbocycles. The number of β-amino-alcohol motifs (C(OH)–C–C–N with tert-alkyl or cyclic N) is 1. The molecule has 2 aromatic rings. The third kappa shape index (κ3) is 2.17. The molecule has 5 heteroatoms. The van der Waals surface area contributed by atoms with Crippen LogP contribution < -0.4 is 5.32 Å². The Labute approximate surface area is 123 Å². The van der Waals surface area contributed by atoms with E-state index in [0.29, 0.717) is 24.7 Å². The monoisotopic (exact) mass is 285 g/mol. The molecule has 0 saturated carbocycles. The summed E-state index contributed by atoms with van der Waals surface area (Å²) in [5, 5.41) is 18.0. The summed E-state index contributed by atoms with van der Waals surface area (Å²) < 4.78 is 5.38. The number of piperidine rings is 1. The SMILES string of the molecule is OC1(c2nc(C3CCc4ccccc43)no2)CCCNC1. The van der Waals surface area contributed by atoms with E-state index in [1.807, 2.05) is 0 Å². The van der Waals surface area contributed by atoms with Gasteiger partial charge in [-0.3, -0.25) is 0 Å². The normalized spacial score (nSPS) is 28.5. The second-order valence-electron chi connectivity index (χ2n) is 6.06. The van der Waals surface area contributed by atoms with Crippen molar-refractivity contribution in [2.75, 3.05) is 13.1 Å². The molecule has 1 aromatic heterocycles. The molecule has 1 aromatic carbocycles. The van der Waals surface area contributed by atoms with Crippen LogP contribution in [0, 0.1) is 0 Å². The van der Waals surface area contributed by atoms with Crippen molar-refractivity contribution in [3.05, 3.63) is 47.1 Å². The Morgan fingerprint density at radius 1 is 1.33 bits per heavy atom. The summed E-state index contributed by atoms with van der Waals surface area (Å²) in [5.41, 5.74) is 1.65. The van der Waals surface area contributed by atoms with Gasteiger partial charge in [0.1, 0.15) is 0 Å². The minimum absolute atomic E-state index is 0.193. The number of nitrogens with zero attached hydrogens (tertiary/aromatic N) is 2. The lowest BCUT2D eigenvalue weighted by atomic mass is 9.94. The van der Waals surface area contributed by atoms with Gasteiger partial charge >= 0.3 is 0 Å². The molecule has 4 rings (SSSR count). The summed E-state index contributed by atoms with van der Waals surface area (Å²) >= 11 is 0. The predicted octanol–water partition coefficient (Wildman–Crippen LogP) is 1.72. The van der Waals surface area contributed by atoms with Crippen molar-refractivity contribution < 1.29 is 9.63 Å². The molecule has 0 radical (unpaired) electrons. The van der Waals surface area contributed by atoms with Crippen molar-refractivity contribution >= 4 is 0 Å². The van der Waals surface area contributed by atoms with E-state index in [1.165, 1.54) is 11.1 Å². The molecular formula is C16H19N3O2. The third-order valence-corrected chi connectivity index (χ3v) is 4.65. The summed E-state index contributed by atoms with van der Waals surface area (Å²) in [6.07, 6.45) is 3.65. The van der Waals surface area contributed by atoms with Crippen molar-refractivity contribution in [2.24, 2.45) is 0 Å². The number of benzene rings is 1. The van der Waals surface area contributed by atoms with Crippen LogP contribution in [0.3, 0.4) is 0 Å². The fraction of sp³-hybridized carbons (Fsp3) is 0.500. The maximum atomic E-state index is 10.6. The fourth-order valence-corrected chi connectivity index (χ4v) is 3.46. The van der Waals surface area contributed by atoms with Crippen molar-refractivity contribution in [1.29, 1.82) is 0 Å². The highest BCUT2D eigenvalue weighted by atomic mass is 16.5. The molecule has 1 saturated heterocycles. The molecule has 5 nitrogen and oxygen atoms in total. The van der Waals surface area contributed by atoms with Gasteiger partial charge in [-0.05, 0) is 43.4 Å². The van der Waals surface area contributed by atoms with Gasteiger partial charge in [-0.1, -0.05) is 29.4 Å². The summed E-state index contributed by atoms with van der Waals surface area (Å²) in [4.78, 5) is 4.52. The Morgan fingerprint density at radius 3 is 3.10 bits per heavy atom. The van der Waals surface area contributed by atoms with Crippen molar-refractivity contribution in [3.63, 3.8) is 0 Å². The van der Waals surface area contributed by atoms with Crippen LogP contribution in [0.2, 0.25) is 0 Å². The second-order valence-corrected chi connectivity index (χ2v) is 6.06. The number of nitrogens with one attached hydrogen (secondary N) is 1. The second kappa shape index (κ2) is 4.93. The fourth-order valence-electron chi connectivity index (χ4n) is 3.46. The topological polar surface area (TPSA) is 71.2 Å². The van der Waals surface area contributed by atoms with Gasteiger partial charge in [0, 0.05) is 12.5 Å². The zero-order valence-corrected chi connectivity index (χ0v) is 11.9. The maximum Gasteiger partial charge on any atom is 0.259 e. The maximum absolute atomic E-state index is 10.6. The minimum atomic E-state index is -1.01. The standard InChI is InChI=1S/C16H19N3O2/c20-16(8-3-9-17-10-16)15-18-14(19-21-15)13-7-6-11-4-1-2-5-12(11)13/h1-2,4-5,13,17,20H,3,6-10H2. The first-order valence-electron chi connectivity index (χ1n) is 7.61. The Balaban J connectivity index is 1.64. The number of rotatable bonds is 2. The lowest BCUT2D eigenvalue weighted by Crippen LogP contribution is -2.43. The van der Waals surface area contributed by atoms with Crippen LogP contribution in [0.15, 0.2) is 28.8 Å². The van der Waals surface area contributed by atoms with E-state index >= 15 is 0 Å². The number of aryl methyl sites for hydroxylation is 1. The van der Waals surface area contributed by atoms with E-state index < -0.39 is 5.60 Å². The summed E-state index contributed by atoms with van der Waals surface area (Å²) in [6, 6.07) is 8.42. The lowest BCUT2D eigenvalue weighted by molar-refractivity contribution is -0.0167. The van der Waals surface area contributed by atoms with Crippen LogP contribution in [0.5, 0.6) is 0 Å². The number of hydrogen-bond donors (Lipinski definition) is 2. The number of aliphatic hydroxyl groups is 1. The largest absolute Gasteiger partial charge is 0.379 e. The number of aromatic nitrogens is 2. The van der Waals surface area contributed by atoms with Gasteiger partial charge in [0.25, 0.3) is 5.89 Å². The van der Waals surface area contributed by atoms with E-state index in [4.69, 9.17) is 4.52 Å². The lowest BCUT2D eigenvalue weighted by Gasteiger charge is -2.28. The zero-order chi connectivity index (χ0) is 14.3. The van der Waals surface area contributed by atoms with Gasteiger partial charge in [0.05, 0.1) is 0 Å². The molecule has 1 aliphatic heterocycles. The number of hydrogen-bond acceptors (Lipinski definition) is 5. The summed E-state index contributed by atoms with van der Waals surface area (Å²) in [7, 11) is 0. The summed E-state index contributed by atoms with van der Waals surface area (Å²) in [6.45, 7) is 1.41. The predicted molar refractivity (Wildman–Crippen MR) is 76.9 cm³/mol. The first-order chi connectivity index (χ1) is 10.3. The van der Waals surface area contributed by atoms with Crippen molar-refractivity contribution in [3.8, 4) is 0 Å². The molecule has 2 atom stereocenters. The molecule has 2 heterocycles. The average Bonchev–Trinajstić information content (AvgIpc) is 3.15. The molecule has 0 spiro atoms. The van der Waals surface area contributed by atoms with Gasteiger partial charge in [0.2, 0.25) is 0 Å². The molecule has 21 heavy (non-hydrogen) atoms. The van der Waals surface area contributed by atoms with E-state index in [9.17, 15) is 5.11 Å². The van der Waals surface area contributed by atoms with Crippen LogP contribution >= 0.6 is 0 Å². The van der Waals surface area contributed by atoms with Crippen molar-refractivity contribution in [2.45, 2.75) is 37.2 Å². The first-order valence-corrected chi connectivity index (χ1v) is 7.61. The highest BCUT2D eigenvalue weighted by molar-refractivity contribution is 5.38. The minimum Gasteiger partial charge on any atom is -0.379 e. The molecule has 2 aliphatic rings. The van der Waals surface area contributed by atoms with Gasteiger partial charge in [-0.15, -0.1) is 0 Å². The molecule has 0 bridgehead atoms. The average molecular weight is 285 g/mol. The Kier molecular flexibility index (Phi) is 3.05. The molecule has 0 amide bonds. The Hall–Kier alpha value is -1.72. The quantitative estimate of drug-likeness (QED) is 0.879. The van der Waals surface area contributed by atoms with Gasteiger partial charge in [-0.25, -0.2) is 0 Å². The van der Waals surface area contributed by atoms with Crippen molar-refractivity contribution in [1.82, 2.24) is 15.5 Å². The van der Waals surface area contributed by atoms with E-state index in [0.717, 1.165) is 25.8 Å². The molecular weight excluding hydrogens is 266 g/mol.